The zero-order valence-corrected chi connectivity index (χ0v) is 13.8. The van der Waals surface area contributed by atoms with E-state index >= 15 is 0 Å². The minimum Gasteiger partial charge on any atom is -0.493 e. The number of fused-ring (bicyclic) bond motifs is 2. The summed E-state index contributed by atoms with van der Waals surface area (Å²) in [5.74, 6) is 0.932. The van der Waals surface area contributed by atoms with Crippen LogP contribution in [0.1, 0.15) is 19.8 Å². The van der Waals surface area contributed by atoms with Crippen molar-refractivity contribution in [2.24, 2.45) is 0 Å². The lowest BCUT2D eigenvalue weighted by Gasteiger charge is -2.10. The Labute approximate surface area is 142 Å². The maximum Gasteiger partial charge on any atom is 0.129 e. The summed E-state index contributed by atoms with van der Waals surface area (Å²) in [6.07, 6.45) is 5.54. The number of ether oxygens (including phenoxy) is 1. The largest absolute Gasteiger partial charge is 0.493 e. The van der Waals surface area contributed by atoms with Crippen LogP contribution in [0.3, 0.4) is 0 Å². The first-order chi connectivity index (χ1) is 11.9. The van der Waals surface area contributed by atoms with Gasteiger partial charge in [0.1, 0.15) is 5.75 Å². The number of aromatic amines is 1. The van der Waals surface area contributed by atoms with Gasteiger partial charge in [0.25, 0.3) is 0 Å². The van der Waals surface area contributed by atoms with E-state index < -0.39 is 0 Å². The molecule has 24 heavy (non-hydrogen) atoms. The molecule has 1 aromatic heterocycles. The summed E-state index contributed by atoms with van der Waals surface area (Å²) in [5.41, 5.74) is 3.33. The van der Waals surface area contributed by atoms with E-state index in [1.807, 2.05) is 12.1 Å². The Kier molecular flexibility index (Phi) is 3.96. The lowest BCUT2D eigenvalue weighted by atomic mass is 9.97. The van der Waals surface area contributed by atoms with Gasteiger partial charge in [-0.05, 0) is 34.9 Å². The van der Waals surface area contributed by atoms with Crippen molar-refractivity contribution in [3.63, 3.8) is 0 Å². The molecule has 0 atom stereocenters. The zero-order valence-electron chi connectivity index (χ0n) is 13.8. The van der Waals surface area contributed by atoms with Gasteiger partial charge in [-0.1, -0.05) is 61.9 Å². The van der Waals surface area contributed by atoms with Crippen LogP contribution in [0, 0.1) is 6.20 Å². The number of nitrogens with one attached hydrogen (secondary N) is 1. The molecule has 4 aromatic rings. The third-order valence-corrected chi connectivity index (χ3v) is 4.41. The van der Waals surface area contributed by atoms with Gasteiger partial charge >= 0.3 is 0 Å². The summed E-state index contributed by atoms with van der Waals surface area (Å²) >= 11 is 0. The molecule has 2 heteroatoms. The second kappa shape index (κ2) is 6.40. The van der Waals surface area contributed by atoms with Gasteiger partial charge in [0.15, 0.2) is 0 Å². The normalized spacial score (nSPS) is 11.2. The fourth-order valence-corrected chi connectivity index (χ4v) is 3.18. The van der Waals surface area contributed by atoms with Gasteiger partial charge in [-0.2, -0.15) is 0 Å². The summed E-state index contributed by atoms with van der Waals surface area (Å²) in [5, 5.41) is 3.59. The fraction of sp³-hybridized carbons (Fsp3) is 0.182. The Balaban J connectivity index is 1.90. The molecule has 0 aliphatic carbocycles. The minimum absolute atomic E-state index is 0.746. The standard InChI is InChI=1S/C22H20NO/c1-2-3-14-24-21-13-7-12-20-22(21)19(15-23-20)18-11-6-9-16-8-4-5-10-17(16)18/h4-13,23H,2-3,14H2,1H3. The lowest BCUT2D eigenvalue weighted by Crippen LogP contribution is -1.96. The van der Waals surface area contributed by atoms with Crippen molar-refractivity contribution in [3.05, 3.63) is 66.9 Å². The number of hydrogen-bond donors (Lipinski definition) is 1. The molecule has 0 saturated heterocycles. The first-order valence-electron chi connectivity index (χ1n) is 8.52. The molecule has 0 aliphatic heterocycles. The summed E-state index contributed by atoms with van der Waals surface area (Å²) in [6, 6.07) is 21.0. The molecule has 0 fully saturated rings. The number of hydrogen-bond acceptors (Lipinski definition) is 1. The Bertz CT molecular complexity index is 978. The highest BCUT2D eigenvalue weighted by Gasteiger charge is 2.13. The van der Waals surface area contributed by atoms with Crippen LogP contribution in [0.5, 0.6) is 5.75 Å². The third-order valence-electron chi connectivity index (χ3n) is 4.41. The average Bonchev–Trinajstić information content (AvgIpc) is 3.06. The second-order valence-corrected chi connectivity index (χ2v) is 6.03. The molecule has 3 aromatic carbocycles. The van der Waals surface area contributed by atoms with Gasteiger partial charge in [-0.15, -0.1) is 0 Å². The van der Waals surface area contributed by atoms with Crippen molar-refractivity contribution in [2.45, 2.75) is 19.8 Å². The number of H-pyrrole nitrogens is 1. The van der Waals surface area contributed by atoms with Gasteiger partial charge in [-0.3, -0.25) is 0 Å². The quantitative estimate of drug-likeness (QED) is 0.451. The summed E-state index contributed by atoms with van der Waals surface area (Å²) in [6.45, 7) is 2.92. The van der Waals surface area contributed by atoms with E-state index in [2.05, 4.69) is 66.6 Å². The van der Waals surface area contributed by atoms with Gasteiger partial charge < -0.3 is 9.72 Å². The number of rotatable bonds is 5. The van der Waals surface area contributed by atoms with Crippen molar-refractivity contribution in [3.8, 4) is 16.9 Å². The van der Waals surface area contributed by atoms with Crippen molar-refractivity contribution < 1.29 is 4.74 Å². The first-order valence-corrected chi connectivity index (χ1v) is 8.52. The van der Waals surface area contributed by atoms with Crippen LogP contribution in [-0.2, 0) is 0 Å². The average molecular weight is 314 g/mol. The SMILES string of the molecule is CCCCOc1cccc2[nH][c]c(-c3cccc4ccccc34)c12. The molecule has 2 nitrogen and oxygen atoms in total. The highest BCUT2D eigenvalue weighted by molar-refractivity contribution is 6.06. The van der Waals surface area contributed by atoms with Gasteiger partial charge in [0.05, 0.1) is 23.7 Å². The van der Waals surface area contributed by atoms with E-state index in [0.717, 1.165) is 41.7 Å². The molecule has 1 N–H and O–H groups in total. The van der Waals surface area contributed by atoms with E-state index in [1.165, 1.54) is 16.3 Å². The zero-order chi connectivity index (χ0) is 16.4. The van der Waals surface area contributed by atoms with Crippen LogP contribution in [0.4, 0.5) is 0 Å². The number of unbranched alkanes of at least 4 members (excludes halogenated alkanes) is 1. The molecule has 119 valence electrons. The predicted molar refractivity (Wildman–Crippen MR) is 100 cm³/mol. The van der Waals surface area contributed by atoms with Crippen LogP contribution in [-0.4, -0.2) is 11.6 Å². The molecule has 0 amide bonds. The third kappa shape index (κ3) is 2.54. The molecular weight excluding hydrogens is 294 g/mol. The van der Waals surface area contributed by atoms with Crippen LogP contribution < -0.4 is 4.74 Å². The number of benzene rings is 3. The summed E-state index contributed by atoms with van der Waals surface area (Å²) < 4.78 is 6.05. The maximum absolute atomic E-state index is 6.05. The molecule has 0 bridgehead atoms. The second-order valence-electron chi connectivity index (χ2n) is 6.03. The van der Waals surface area contributed by atoms with E-state index in [9.17, 15) is 0 Å². The molecule has 0 spiro atoms. The Morgan fingerprint density at radius 2 is 1.79 bits per heavy atom. The highest BCUT2D eigenvalue weighted by atomic mass is 16.5. The van der Waals surface area contributed by atoms with E-state index in [1.54, 1.807) is 0 Å². The molecular formula is C22H20NO. The Hall–Kier alpha value is -2.74. The van der Waals surface area contributed by atoms with E-state index in [-0.39, 0.29) is 0 Å². The smallest absolute Gasteiger partial charge is 0.129 e. The van der Waals surface area contributed by atoms with Crippen molar-refractivity contribution >= 4 is 21.7 Å². The van der Waals surface area contributed by atoms with Crippen LogP contribution in [0.25, 0.3) is 32.8 Å². The van der Waals surface area contributed by atoms with Gasteiger partial charge in [0, 0.05) is 5.56 Å². The molecule has 0 aliphatic rings. The van der Waals surface area contributed by atoms with E-state index in [4.69, 9.17) is 4.74 Å². The number of aromatic nitrogens is 1. The Morgan fingerprint density at radius 1 is 0.958 bits per heavy atom. The van der Waals surface area contributed by atoms with Gasteiger partial charge in [0.2, 0.25) is 0 Å². The van der Waals surface area contributed by atoms with Crippen LogP contribution in [0.2, 0.25) is 0 Å². The minimum atomic E-state index is 0.746. The van der Waals surface area contributed by atoms with Crippen LogP contribution >= 0.6 is 0 Å². The molecule has 1 radical (unpaired) electrons. The molecule has 0 unspecified atom stereocenters. The van der Waals surface area contributed by atoms with Crippen LogP contribution in [0.15, 0.2) is 60.7 Å². The molecule has 4 rings (SSSR count). The Morgan fingerprint density at radius 3 is 2.71 bits per heavy atom. The lowest BCUT2D eigenvalue weighted by molar-refractivity contribution is 0.313. The van der Waals surface area contributed by atoms with E-state index in [0.29, 0.717) is 0 Å². The van der Waals surface area contributed by atoms with Crippen molar-refractivity contribution in [1.29, 1.82) is 0 Å². The fourth-order valence-electron chi connectivity index (χ4n) is 3.18. The maximum atomic E-state index is 6.05. The van der Waals surface area contributed by atoms with Gasteiger partial charge in [-0.25, -0.2) is 0 Å². The monoisotopic (exact) mass is 314 g/mol. The highest BCUT2D eigenvalue weighted by Crippen LogP contribution is 2.38. The molecule has 0 saturated carbocycles. The summed E-state index contributed by atoms with van der Waals surface area (Å²) in [4.78, 5) is 3.28. The van der Waals surface area contributed by atoms with Crippen molar-refractivity contribution in [2.75, 3.05) is 6.61 Å². The molecule has 1 heterocycles. The van der Waals surface area contributed by atoms with Crippen molar-refractivity contribution in [1.82, 2.24) is 4.98 Å². The topological polar surface area (TPSA) is 25.0 Å². The first kappa shape index (κ1) is 14.8. The predicted octanol–water partition coefficient (Wildman–Crippen LogP) is 5.97. The summed E-state index contributed by atoms with van der Waals surface area (Å²) in [7, 11) is 0.